The molecule has 154 valence electrons. The number of benzene rings is 2. The summed E-state index contributed by atoms with van der Waals surface area (Å²) >= 11 is 5.97. The Hall–Kier alpha value is -3.92. The van der Waals surface area contributed by atoms with Crippen LogP contribution >= 0.6 is 11.6 Å². The smallest absolute Gasteiger partial charge is 0.311 e. The standard InChI is InChI=1S/C20H13ClFN7O2/c1-31-16(30)10-15-17-19(28(26-15)14-8-6-13(22)7-9-14)29-20(25-24-17)23-18(27-29)11-2-4-12(21)5-3-11/h2-9H,10H2,1H3. The van der Waals surface area contributed by atoms with E-state index < -0.39 is 5.97 Å². The van der Waals surface area contributed by atoms with E-state index in [1.807, 2.05) is 0 Å². The van der Waals surface area contributed by atoms with Crippen molar-refractivity contribution >= 4 is 34.5 Å². The predicted octanol–water partition coefficient (Wildman–Crippen LogP) is 3.03. The zero-order valence-electron chi connectivity index (χ0n) is 16.0. The Morgan fingerprint density at radius 2 is 1.81 bits per heavy atom. The number of esters is 1. The van der Waals surface area contributed by atoms with Crippen LogP contribution in [0.4, 0.5) is 4.39 Å². The third-order valence-corrected chi connectivity index (χ3v) is 4.90. The highest BCUT2D eigenvalue weighted by Gasteiger charge is 2.22. The van der Waals surface area contributed by atoms with Crippen LogP contribution in [0.1, 0.15) is 5.69 Å². The van der Waals surface area contributed by atoms with Crippen LogP contribution in [0.15, 0.2) is 48.5 Å². The van der Waals surface area contributed by atoms with Gasteiger partial charge in [-0.2, -0.15) is 14.6 Å². The molecule has 0 N–H and O–H groups in total. The van der Waals surface area contributed by atoms with E-state index in [1.165, 1.54) is 28.4 Å². The van der Waals surface area contributed by atoms with Crippen molar-refractivity contribution in [3.63, 3.8) is 0 Å². The average molecular weight is 438 g/mol. The molecule has 9 nitrogen and oxygen atoms in total. The Morgan fingerprint density at radius 1 is 1.06 bits per heavy atom. The molecule has 3 aromatic heterocycles. The molecule has 31 heavy (non-hydrogen) atoms. The van der Waals surface area contributed by atoms with Crippen molar-refractivity contribution in [1.29, 1.82) is 0 Å². The minimum atomic E-state index is -0.479. The SMILES string of the molecule is COC(=O)Cc1nn(-c2ccc(F)cc2)c2c1nnc1nc(-c3ccc(Cl)cc3)nn12. The minimum Gasteiger partial charge on any atom is -0.469 e. The second kappa shape index (κ2) is 7.40. The number of methoxy groups -OCH3 is 1. The van der Waals surface area contributed by atoms with Gasteiger partial charge in [-0.1, -0.05) is 11.6 Å². The Kier molecular flexibility index (Phi) is 4.55. The maximum atomic E-state index is 13.5. The summed E-state index contributed by atoms with van der Waals surface area (Å²) in [6.45, 7) is 0. The molecule has 0 bridgehead atoms. The highest BCUT2D eigenvalue weighted by Crippen LogP contribution is 2.24. The van der Waals surface area contributed by atoms with Gasteiger partial charge in [0.15, 0.2) is 17.0 Å². The monoisotopic (exact) mass is 437 g/mol. The van der Waals surface area contributed by atoms with Gasteiger partial charge in [0.05, 0.1) is 19.2 Å². The minimum absolute atomic E-state index is 0.111. The zero-order valence-corrected chi connectivity index (χ0v) is 16.8. The average Bonchev–Trinajstić information content (AvgIpc) is 3.36. The number of hydrogen-bond donors (Lipinski definition) is 0. The van der Waals surface area contributed by atoms with Crippen molar-refractivity contribution in [2.45, 2.75) is 6.42 Å². The molecule has 2 aromatic carbocycles. The van der Waals surface area contributed by atoms with Crippen LogP contribution in [0.2, 0.25) is 5.02 Å². The van der Waals surface area contributed by atoms with Crippen LogP contribution in [-0.4, -0.2) is 47.7 Å². The van der Waals surface area contributed by atoms with Crippen LogP contribution in [0.5, 0.6) is 0 Å². The van der Waals surface area contributed by atoms with Crippen LogP contribution in [0, 0.1) is 5.82 Å². The molecule has 0 spiro atoms. The van der Waals surface area contributed by atoms with Gasteiger partial charge in [0.2, 0.25) is 0 Å². The molecular weight excluding hydrogens is 425 g/mol. The molecule has 0 fully saturated rings. The Labute approximate surface area is 179 Å². The Bertz CT molecular complexity index is 1430. The second-order valence-electron chi connectivity index (χ2n) is 6.61. The zero-order chi connectivity index (χ0) is 21.5. The first-order valence-electron chi connectivity index (χ1n) is 9.13. The van der Waals surface area contributed by atoms with Gasteiger partial charge in [-0.15, -0.1) is 15.3 Å². The van der Waals surface area contributed by atoms with Crippen LogP contribution in [-0.2, 0) is 16.0 Å². The lowest BCUT2D eigenvalue weighted by Gasteiger charge is -2.03. The van der Waals surface area contributed by atoms with Crippen LogP contribution < -0.4 is 0 Å². The van der Waals surface area contributed by atoms with Gasteiger partial charge in [-0.25, -0.2) is 9.07 Å². The van der Waals surface area contributed by atoms with E-state index in [2.05, 4.69) is 25.4 Å². The van der Waals surface area contributed by atoms with Gasteiger partial charge in [0.25, 0.3) is 5.78 Å². The van der Waals surface area contributed by atoms with Gasteiger partial charge in [-0.05, 0) is 48.5 Å². The largest absolute Gasteiger partial charge is 0.469 e. The molecule has 3 heterocycles. The first-order chi connectivity index (χ1) is 15.0. The van der Waals surface area contributed by atoms with E-state index in [1.54, 1.807) is 36.4 Å². The topological polar surface area (TPSA) is 100 Å². The summed E-state index contributed by atoms with van der Waals surface area (Å²) in [4.78, 5) is 16.3. The fraction of sp³-hybridized carbons (Fsp3) is 0.100. The molecule has 0 unspecified atom stereocenters. The molecule has 0 radical (unpaired) electrons. The van der Waals surface area contributed by atoms with Crippen LogP contribution in [0.25, 0.3) is 34.0 Å². The van der Waals surface area contributed by atoms with Crippen molar-refractivity contribution in [1.82, 2.24) is 34.6 Å². The first kappa shape index (κ1) is 19.1. The molecule has 0 atom stereocenters. The van der Waals surface area contributed by atoms with Gasteiger partial charge < -0.3 is 4.74 Å². The van der Waals surface area contributed by atoms with Gasteiger partial charge in [0.1, 0.15) is 11.5 Å². The maximum Gasteiger partial charge on any atom is 0.311 e. The summed E-state index contributed by atoms with van der Waals surface area (Å²) in [5.74, 6) is -0.205. The second-order valence-corrected chi connectivity index (χ2v) is 7.05. The molecule has 11 heteroatoms. The lowest BCUT2D eigenvalue weighted by Crippen LogP contribution is -2.06. The lowest BCUT2D eigenvalue weighted by atomic mass is 10.2. The quantitative estimate of drug-likeness (QED) is 0.398. The molecule has 0 amide bonds. The number of nitrogens with zero attached hydrogens (tertiary/aromatic N) is 7. The van der Waals surface area contributed by atoms with E-state index in [0.717, 1.165) is 5.56 Å². The first-order valence-corrected chi connectivity index (χ1v) is 9.51. The highest BCUT2D eigenvalue weighted by molar-refractivity contribution is 6.30. The molecular formula is C20H13ClFN7O2. The number of halogens is 2. The van der Waals surface area contributed by atoms with Gasteiger partial charge in [-0.3, -0.25) is 4.79 Å². The molecule has 0 saturated heterocycles. The number of aromatic nitrogens is 7. The van der Waals surface area contributed by atoms with E-state index in [9.17, 15) is 9.18 Å². The number of ether oxygens (including phenoxy) is 1. The third-order valence-electron chi connectivity index (χ3n) is 4.65. The summed E-state index contributed by atoms with van der Waals surface area (Å²) in [5, 5.41) is 18.0. The highest BCUT2D eigenvalue weighted by atomic mass is 35.5. The summed E-state index contributed by atoms with van der Waals surface area (Å²) < 4.78 is 21.2. The number of rotatable bonds is 4. The summed E-state index contributed by atoms with van der Waals surface area (Å²) in [7, 11) is 1.29. The van der Waals surface area contributed by atoms with Gasteiger partial charge >= 0.3 is 5.97 Å². The van der Waals surface area contributed by atoms with Crippen molar-refractivity contribution in [2.24, 2.45) is 0 Å². The predicted molar refractivity (Wildman–Crippen MR) is 109 cm³/mol. The van der Waals surface area contributed by atoms with Crippen molar-refractivity contribution < 1.29 is 13.9 Å². The van der Waals surface area contributed by atoms with E-state index in [4.69, 9.17) is 16.3 Å². The van der Waals surface area contributed by atoms with Crippen molar-refractivity contribution in [3.8, 4) is 17.1 Å². The normalized spacial score (nSPS) is 11.3. The fourth-order valence-electron chi connectivity index (χ4n) is 3.15. The summed E-state index contributed by atoms with van der Waals surface area (Å²) in [6.07, 6.45) is -0.111. The summed E-state index contributed by atoms with van der Waals surface area (Å²) in [5.41, 5.74) is 2.44. The van der Waals surface area contributed by atoms with Crippen molar-refractivity contribution in [2.75, 3.05) is 7.11 Å². The van der Waals surface area contributed by atoms with E-state index in [-0.39, 0.29) is 18.0 Å². The van der Waals surface area contributed by atoms with Crippen molar-refractivity contribution in [3.05, 3.63) is 65.1 Å². The lowest BCUT2D eigenvalue weighted by molar-refractivity contribution is -0.139. The fourth-order valence-corrected chi connectivity index (χ4v) is 3.28. The molecule has 0 saturated carbocycles. The Morgan fingerprint density at radius 3 is 2.52 bits per heavy atom. The molecule has 5 rings (SSSR count). The number of carbonyl (C=O) groups excluding carboxylic acids is 1. The summed E-state index contributed by atoms with van der Waals surface area (Å²) in [6, 6.07) is 12.8. The molecule has 0 aliphatic rings. The number of carbonyl (C=O) groups is 1. The Balaban J connectivity index is 1.76. The number of hydrogen-bond acceptors (Lipinski definition) is 7. The van der Waals surface area contributed by atoms with Gasteiger partial charge in [0, 0.05) is 10.6 Å². The molecule has 0 aliphatic carbocycles. The molecule has 5 aromatic rings. The van der Waals surface area contributed by atoms with Crippen LogP contribution in [0.3, 0.4) is 0 Å². The van der Waals surface area contributed by atoms with E-state index in [0.29, 0.717) is 33.4 Å². The number of fused-ring (bicyclic) bond motifs is 3. The van der Waals surface area contributed by atoms with E-state index >= 15 is 0 Å². The maximum absolute atomic E-state index is 13.5. The third kappa shape index (κ3) is 3.36. The molecule has 0 aliphatic heterocycles.